The molecule has 1 aromatic carbocycles. The Balaban J connectivity index is 2.55. The highest BCUT2D eigenvalue weighted by molar-refractivity contribution is 9.10. The maximum absolute atomic E-state index is 11.7. The van der Waals surface area contributed by atoms with Gasteiger partial charge in [-0.3, -0.25) is 4.79 Å². The predicted molar refractivity (Wildman–Crippen MR) is 76.5 cm³/mol. The molecule has 18 heavy (non-hydrogen) atoms. The van der Waals surface area contributed by atoms with E-state index >= 15 is 0 Å². The Morgan fingerprint density at radius 3 is 2.94 bits per heavy atom. The molecule has 0 aliphatic heterocycles. The van der Waals surface area contributed by atoms with E-state index < -0.39 is 0 Å². The van der Waals surface area contributed by atoms with Crippen LogP contribution in [0.2, 0.25) is 0 Å². The van der Waals surface area contributed by atoms with Gasteiger partial charge < -0.3 is 21.1 Å². The lowest BCUT2D eigenvalue weighted by Crippen LogP contribution is -2.39. The van der Waals surface area contributed by atoms with Crippen molar-refractivity contribution in [3.63, 3.8) is 0 Å². The summed E-state index contributed by atoms with van der Waals surface area (Å²) in [6, 6.07) is 5.11. The summed E-state index contributed by atoms with van der Waals surface area (Å²) < 4.78 is 5.77. The van der Waals surface area contributed by atoms with Gasteiger partial charge in [0.1, 0.15) is 6.04 Å². The van der Waals surface area contributed by atoms with Crippen LogP contribution in [0.15, 0.2) is 22.7 Å². The quantitative estimate of drug-likeness (QED) is 0.550. The van der Waals surface area contributed by atoms with Crippen LogP contribution in [0.3, 0.4) is 0 Å². The number of hydrogen-bond donors (Lipinski definition) is 3. The zero-order chi connectivity index (χ0) is 13.5. The maximum atomic E-state index is 11.7. The zero-order valence-electron chi connectivity index (χ0n) is 10.5. The number of carbonyl (C=O) groups is 1. The van der Waals surface area contributed by atoms with Gasteiger partial charge in [0.05, 0.1) is 18.0 Å². The first-order chi connectivity index (χ1) is 8.54. The van der Waals surface area contributed by atoms with Crippen LogP contribution < -0.4 is 16.4 Å². The van der Waals surface area contributed by atoms with E-state index in [1.165, 1.54) is 0 Å². The second kappa shape index (κ2) is 7.23. The van der Waals surface area contributed by atoms with Crippen LogP contribution in [0.4, 0.5) is 11.4 Å². The maximum Gasteiger partial charge on any atom is 0.242 e. The summed E-state index contributed by atoms with van der Waals surface area (Å²) in [6.45, 7) is 2.77. The van der Waals surface area contributed by atoms with Gasteiger partial charge in [-0.2, -0.15) is 0 Å². The van der Waals surface area contributed by atoms with Gasteiger partial charge in [-0.1, -0.05) is 15.9 Å². The van der Waals surface area contributed by atoms with Gasteiger partial charge >= 0.3 is 0 Å². The molecule has 0 saturated heterocycles. The van der Waals surface area contributed by atoms with Crippen LogP contribution >= 0.6 is 15.9 Å². The Morgan fingerprint density at radius 1 is 1.56 bits per heavy atom. The number of ether oxygens (including phenoxy) is 1. The molecule has 0 saturated carbocycles. The SMILES string of the molecule is COCCNC(=O)C(C)Nc1cc(Br)ccc1N. The lowest BCUT2D eigenvalue weighted by Gasteiger charge is -2.16. The van der Waals surface area contributed by atoms with Crippen molar-refractivity contribution in [2.45, 2.75) is 13.0 Å². The smallest absolute Gasteiger partial charge is 0.242 e. The summed E-state index contributed by atoms with van der Waals surface area (Å²) in [6.07, 6.45) is 0. The van der Waals surface area contributed by atoms with Gasteiger partial charge in [-0.15, -0.1) is 0 Å². The summed E-state index contributed by atoms with van der Waals surface area (Å²) in [7, 11) is 1.59. The number of methoxy groups -OCH3 is 1. The Hall–Kier alpha value is -1.27. The monoisotopic (exact) mass is 315 g/mol. The van der Waals surface area contributed by atoms with Gasteiger partial charge in [0.25, 0.3) is 0 Å². The minimum atomic E-state index is -0.363. The predicted octanol–water partition coefficient (Wildman–Crippen LogP) is 1.59. The molecule has 5 nitrogen and oxygen atoms in total. The molecule has 0 aromatic heterocycles. The lowest BCUT2D eigenvalue weighted by atomic mass is 10.2. The molecule has 100 valence electrons. The number of rotatable bonds is 6. The third-order valence-electron chi connectivity index (χ3n) is 2.39. The van der Waals surface area contributed by atoms with E-state index in [1.54, 1.807) is 20.1 Å². The van der Waals surface area contributed by atoms with Crippen molar-refractivity contribution in [2.24, 2.45) is 0 Å². The molecule has 0 bridgehead atoms. The van der Waals surface area contributed by atoms with Crippen LogP contribution in [0.5, 0.6) is 0 Å². The van der Waals surface area contributed by atoms with Gasteiger partial charge in [0, 0.05) is 18.1 Å². The summed E-state index contributed by atoms with van der Waals surface area (Å²) in [5.41, 5.74) is 7.17. The molecule has 1 aromatic rings. The molecule has 0 heterocycles. The summed E-state index contributed by atoms with van der Waals surface area (Å²) in [5.74, 6) is -0.0913. The molecule has 1 rings (SSSR count). The van der Waals surface area contributed by atoms with Crippen molar-refractivity contribution in [3.8, 4) is 0 Å². The van der Waals surface area contributed by atoms with Crippen molar-refractivity contribution in [3.05, 3.63) is 22.7 Å². The van der Waals surface area contributed by atoms with Gasteiger partial charge in [0.2, 0.25) is 5.91 Å². The van der Waals surface area contributed by atoms with Crippen LogP contribution in [0.1, 0.15) is 6.92 Å². The number of nitrogens with one attached hydrogen (secondary N) is 2. The first-order valence-corrected chi connectivity index (χ1v) is 6.42. The van der Waals surface area contributed by atoms with Crippen molar-refractivity contribution >= 4 is 33.2 Å². The number of anilines is 2. The van der Waals surface area contributed by atoms with E-state index in [9.17, 15) is 4.79 Å². The second-order valence-corrected chi connectivity index (χ2v) is 4.80. The fourth-order valence-electron chi connectivity index (χ4n) is 1.38. The minimum absolute atomic E-state index is 0.0913. The molecule has 1 atom stereocenters. The topological polar surface area (TPSA) is 76.4 Å². The number of nitrogen functional groups attached to an aromatic ring is 1. The Bertz CT molecular complexity index is 412. The van der Waals surface area contributed by atoms with Crippen molar-refractivity contribution in [2.75, 3.05) is 31.3 Å². The van der Waals surface area contributed by atoms with E-state index in [2.05, 4.69) is 26.6 Å². The van der Waals surface area contributed by atoms with Crippen LogP contribution in [-0.4, -0.2) is 32.2 Å². The minimum Gasteiger partial charge on any atom is -0.397 e. The summed E-state index contributed by atoms with van der Waals surface area (Å²) >= 11 is 3.36. The molecule has 0 radical (unpaired) electrons. The fourth-order valence-corrected chi connectivity index (χ4v) is 1.74. The molecule has 6 heteroatoms. The first kappa shape index (κ1) is 14.8. The van der Waals surface area contributed by atoms with Crippen molar-refractivity contribution in [1.82, 2.24) is 5.32 Å². The Morgan fingerprint density at radius 2 is 2.28 bits per heavy atom. The Kier molecular flexibility index (Phi) is 5.94. The first-order valence-electron chi connectivity index (χ1n) is 5.62. The molecule has 0 aliphatic rings. The largest absolute Gasteiger partial charge is 0.397 e. The number of benzene rings is 1. The molecular weight excluding hydrogens is 298 g/mol. The van der Waals surface area contributed by atoms with E-state index in [0.29, 0.717) is 18.8 Å². The van der Waals surface area contributed by atoms with E-state index in [1.807, 2.05) is 12.1 Å². The van der Waals surface area contributed by atoms with Gasteiger partial charge in [-0.05, 0) is 25.1 Å². The third-order valence-corrected chi connectivity index (χ3v) is 2.88. The van der Waals surface area contributed by atoms with E-state index in [4.69, 9.17) is 10.5 Å². The number of carbonyl (C=O) groups excluding carboxylic acids is 1. The molecule has 1 amide bonds. The van der Waals surface area contributed by atoms with Gasteiger partial charge in [0.15, 0.2) is 0 Å². The average molecular weight is 316 g/mol. The Labute approximate surface area is 115 Å². The molecule has 0 aliphatic carbocycles. The third kappa shape index (κ3) is 4.54. The highest BCUT2D eigenvalue weighted by atomic mass is 79.9. The fraction of sp³-hybridized carbons (Fsp3) is 0.417. The second-order valence-electron chi connectivity index (χ2n) is 3.88. The highest BCUT2D eigenvalue weighted by Gasteiger charge is 2.13. The van der Waals surface area contributed by atoms with Crippen LogP contribution in [0.25, 0.3) is 0 Å². The lowest BCUT2D eigenvalue weighted by molar-refractivity contribution is -0.121. The standard InChI is InChI=1S/C12H18BrN3O2/c1-8(12(17)15-5-6-18-2)16-11-7-9(13)3-4-10(11)14/h3-4,7-8,16H,5-6,14H2,1-2H3,(H,15,17). The highest BCUT2D eigenvalue weighted by Crippen LogP contribution is 2.23. The van der Waals surface area contributed by atoms with E-state index in [0.717, 1.165) is 10.2 Å². The summed E-state index contributed by atoms with van der Waals surface area (Å²) in [4.78, 5) is 11.7. The molecule has 1 unspecified atom stereocenters. The van der Waals surface area contributed by atoms with Crippen molar-refractivity contribution < 1.29 is 9.53 Å². The van der Waals surface area contributed by atoms with Gasteiger partial charge in [-0.25, -0.2) is 0 Å². The van der Waals surface area contributed by atoms with Crippen LogP contribution in [0, 0.1) is 0 Å². The van der Waals surface area contributed by atoms with Crippen LogP contribution in [-0.2, 0) is 9.53 Å². The summed E-state index contributed by atoms with van der Waals surface area (Å²) in [5, 5.41) is 5.83. The molecule has 4 N–H and O–H groups in total. The van der Waals surface area contributed by atoms with E-state index in [-0.39, 0.29) is 11.9 Å². The number of halogens is 1. The normalized spacial score (nSPS) is 11.9. The molecule has 0 fully saturated rings. The zero-order valence-corrected chi connectivity index (χ0v) is 12.1. The molecular formula is C12H18BrN3O2. The molecule has 0 spiro atoms. The van der Waals surface area contributed by atoms with Crippen molar-refractivity contribution in [1.29, 1.82) is 0 Å². The number of amides is 1. The average Bonchev–Trinajstić information content (AvgIpc) is 2.34. The number of hydrogen-bond acceptors (Lipinski definition) is 4. The number of nitrogens with two attached hydrogens (primary N) is 1.